The van der Waals surface area contributed by atoms with Gasteiger partial charge in [0.2, 0.25) is 0 Å². The van der Waals surface area contributed by atoms with Crippen molar-refractivity contribution in [2.24, 2.45) is 11.0 Å². The van der Waals surface area contributed by atoms with Gasteiger partial charge in [0, 0.05) is 5.56 Å². The van der Waals surface area contributed by atoms with Gasteiger partial charge in [-0.05, 0) is 62.5 Å². The van der Waals surface area contributed by atoms with Crippen molar-refractivity contribution in [1.82, 2.24) is 5.32 Å². The van der Waals surface area contributed by atoms with Gasteiger partial charge in [0.15, 0.2) is 5.84 Å². The van der Waals surface area contributed by atoms with Gasteiger partial charge in [-0.2, -0.15) is 0 Å². The first-order valence-corrected chi connectivity index (χ1v) is 6.69. The van der Waals surface area contributed by atoms with Crippen LogP contribution in [0.4, 0.5) is 0 Å². The number of nitrogens with one attached hydrogen (secondary N) is 3. The maximum absolute atomic E-state index is 7.42. The van der Waals surface area contributed by atoms with Crippen LogP contribution in [-0.2, 0) is 0 Å². The smallest absolute Gasteiger partial charge is 0.173 e. The Labute approximate surface area is 113 Å². The van der Waals surface area contributed by atoms with Gasteiger partial charge < -0.3 is 10.1 Å². The number of piperidine rings is 1. The fourth-order valence-corrected chi connectivity index (χ4v) is 2.29. The molecule has 1 saturated heterocycles. The molecule has 1 heterocycles. The van der Waals surface area contributed by atoms with Crippen LogP contribution >= 0.6 is 0 Å². The van der Waals surface area contributed by atoms with E-state index < -0.39 is 0 Å². The van der Waals surface area contributed by atoms with Crippen molar-refractivity contribution in [2.45, 2.75) is 19.3 Å². The Hall–Kier alpha value is -1.75. The summed E-state index contributed by atoms with van der Waals surface area (Å²) in [7, 11) is 0. The van der Waals surface area contributed by atoms with E-state index in [1.165, 1.54) is 12.8 Å². The highest BCUT2D eigenvalue weighted by Gasteiger charge is 2.12. The summed E-state index contributed by atoms with van der Waals surface area (Å²) in [5.74, 6) is 1.56. The molecule has 0 aliphatic carbocycles. The number of nitrogens with zero attached hydrogens (tertiary/aromatic N) is 1. The van der Waals surface area contributed by atoms with Gasteiger partial charge in [0.1, 0.15) is 5.75 Å². The van der Waals surface area contributed by atoms with Crippen LogP contribution in [0.2, 0.25) is 0 Å². The van der Waals surface area contributed by atoms with E-state index in [4.69, 9.17) is 15.7 Å². The van der Waals surface area contributed by atoms with Gasteiger partial charge >= 0.3 is 0 Å². The molecule has 5 heteroatoms. The molecule has 0 unspecified atom stereocenters. The number of hydrogen-bond donors (Lipinski definition) is 3. The third kappa shape index (κ3) is 4.13. The number of benzene rings is 1. The van der Waals surface area contributed by atoms with E-state index >= 15 is 0 Å². The molecule has 19 heavy (non-hydrogen) atoms. The molecule has 3 N–H and O–H groups in total. The monoisotopic (exact) mass is 260 g/mol. The molecule has 1 aliphatic heterocycles. The average molecular weight is 260 g/mol. The lowest BCUT2D eigenvalue weighted by Crippen LogP contribution is -2.28. The van der Waals surface area contributed by atoms with E-state index in [1.807, 2.05) is 12.1 Å². The zero-order valence-corrected chi connectivity index (χ0v) is 11.0. The highest BCUT2D eigenvalue weighted by molar-refractivity contribution is 5.96. The minimum Gasteiger partial charge on any atom is -0.494 e. The third-order valence-corrected chi connectivity index (χ3v) is 3.49. The Kier molecular flexibility index (Phi) is 5.03. The normalized spacial score (nSPS) is 16.0. The zero-order valence-electron chi connectivity index (χ0n) is 11.0. The third-order valence-electron chi connectivity index (χ3n) is 3.49. The van der Waals surface area contributed by atoms with Gasteiger partial charge in [0.25, 0.3) is 0 Å². The molecular formula is C14H20N4O. The van der Waals surface area contributed by atoms with Gasteiger partial charge in [-0.1, -0.05) is 0 Å². The maximum Gasteiger partial charge on any atom is 0.173 e. The lowest BCUT2D eigenvalue weighted by atomic mass is 9.95. The average Bonchev–Trinajstić information content (AvgIpc) is 2.48. The van der Waals surface area contributed by atoms with Gasteiger partial charge in [-0.25, -0.2) is 5.53 Å². The Morgan fingerprint density at radius 3 is 2.58 bits per heavy atom. The molecule has 2 rings (SSSR count). The molecule has 0 amide bonds. The number of rotatable bonds is 5. The highest BCUT2D eigenvalue weighted by Crippen LogP contribution is 2.18. The van der Waals surface area contributed by atoms with Gasteiger partial charge in [-0.15, -0.1) is 5.11 Å². The molecule has 0 spiro atoms. The standard InChI is InChI=1S/C14H20N4O/c15-14(18-16)12-1-3-13(4-2-12)19-10-7-11-5-8-17-9-6-11/h1-4,11,15-17H,5-10H2. The second kappa shape index (κ2) is 6.99. The van der Waals surface area contributed by atoms with Crippen molar-refractivity contribution in [2.75, 3.05) is 19.7 Å². The number of hydrogen-bond acceptors (Lipinski definition) is 4. The molecule has 0 aromatic heterocycles. The van der Waals surface area contributed by atoms with Crippen LogP contribution < -0.4 is 10.1 Å². The Morgan fingerprint density at radius 1 is 1.26 bits per heavy atom. The first-order chi connectivity index (χ1) is 9.29. The van der Waals surface area contributed by atoms with Crippen molar-refractivity contribution < 1.29 is 4.74 Å². The first kappa shape index (κ1) is 13.7. The summed E-state index contributed by atoms with van der Waals surface area (Å²) in [5, 5.41) is 13.9. The Bertz CT molecular complexity index is 424. The molecule has 1 aromatic carbocycles. The molecule has 1 aromatic rings. The van der Waals surface area contributed by atoms with Crippen molar-refractivity contribution in [3.8, 4) is 5.75 Å². The number of ether oxygens (including phenoxy) is 1. The lowest BCUT2D eigenvalue weighted by molar-refractivity contribution is 0.252. The predicted molar refractivity (Wildman–Crippen MR) is 74.1 cm³/mol. The summed E-state index contributed by atoms with van der Waals surface area (Å²) < 4.78 is 5.71. The van der Waals surface area contributed by atoms with Crippen molar-refractivity contribution in [3.63, 3.8) is 0 Å². The second-order valence-electron chi connectivity index (χ2n) is 4.82. The van der Waals surface area contributed by atoms with Crippen molar-refractivity contribution in [1.29, 1.82) is 10.9 Å². The van der Waals surface area contributed by atoms with E-state index in [2.05, 4.69) is 10.4 Å². The molecule has 1 fully saturated rings. The molecule has 0 atom stereocenters. The Morgan fingerprint density at radius 2 is 1.95 bits per heavy atom. The predicted octanol–water partition coefficient (Wildman–Crippen LogP) is 2.81. The topological polar surface area (TPSA) is 81.3 Å². The summed E-state index contributed by atoms with van der Waals surface area (Å²) in [6.07, 6.45) is 3.58. The fourth-order valence-electron chi connectivity index (χ4n) is 2.29. The van der Waals surface area contributed by atoms with Gasteiger partial charge in [0.05, 0.1) is 6.61 Å². The van der Waals surface area contributed by atoms with Crippen LogP contribution in [0.3, 0.4) is 0 Å². The van der Waals surface area contributed by atoms with E-state index in [1.54, 1.807) is 12.1 Å². The first-order valence-electron chi connectivity index (χ1n) is 6.69. The Balaban J connectivity index is 1.76. The summed E-state index contributed by atoms with van der Waals surface area (Å²) in [6.45, 7) is 2.99. The second-order valence-corrected chi connectivity index (χ2v) is 4.82. The van der Waals surface area contributed by atoms with Crippen LogP contribution in [0.1, 0.15) is 24.8 Å². The van der Waals surface area contributed by atoms with Crippen LogP contribution in [0, 0.1) is 16.9 Å². The summed E-state index contributed by atoms with van der Waals surface area (Å²) >= 11 is 0. The molecule has 0 radical (unpaired) electrons. The van der Waals surface area contributed by atoms with Crippen LogP contribution in [0.5, 0.6) is 5.75 Å². The highest BCUT2D eigenvalue weighted by atomic mass is 16.5. The molecule has 5 nitrogen and oxygen atoms in total. The van der Waals surface area contributed by atoms with E-state index in [9.17, 15) is 0 Å². The summed E-state index contributed by atoms with van der Waals surface area (Å²) in [4.78, 5) is 0. The fraction of sp³-hybridized carbons (Fsp3) is 0.500. The van der Waals surface area contributed by atoms with Crippen molar-refractivity contribution >= 4 is 5.84 Å². The quantitative estimate of drug-likeness (QED) is 0.432. The molecular weight excluding hydrogens is 240 g/mol. The van der Waals surface area contributed by atoms with Crippen LogP contribution in [-0.4, -0.2) is 25.5 Å². The largest absolute Gasteiger partial charge is 0.494 e. The zero-order chi connectivity index (χ0) is 13.5. The summed E-state index contributed by atoms with van der Waals surface area (Å²) in [6, 6.07) is 7.19. The summed E-state index contributed by atoms with van der Waals surface area (Å²) in [5.41, 5.74) is 7.43. The van der Waals surface area contributed by atoms with E-state index in [-0.39, 0.29) is 5.84 Å². The molecule has 0 saturated carbocycles. The van der Waals surface area contributed by atoms with Gasteiger partial charge in [-0.3, -0.25) is 5.41 Å². The SMILES string of the molecule is N=NC(=N)c1ccc(OCCC2CCNCC2)cc1. The number of amidine groups is 1. The minimum absolute atomic E-state index is 0.0266. The molecule has 1 aliphatic rings. The van der Waals surface area contributed by atoms with Crippen molar-refractivity contribution in [3.05, 3.63) is 29.8 Å². The van der Waals surface area contributed by atoms with Crippen LogP contribution in [0.25, 0.3) is 0 Å². The lowest BCUT2D eigenvalue weighted by Gasteiger charge is -2.22. The minimum atomic E-state index is -0.0266. The molecule has 0 bridgehead atoms. The van der Waals surface area contributed by atoms with E-state index in [0.717, 1.165) is 37.8 Å². The molecule has 102 valence electrons. The van der Waals surface area contributed by atoms with E-state index in [0.29, 0.717) is 5.56 Å². The van der Waals surface area contributed by atoms with Crippen LogP contribution in [0.15, 0.2) is 29.4 Å². The maximum atomic E-state index is 7.42.